The fourth-order valence-electron chi connectivity index (χ4n) is 3.31. The minimum atomic E-state index is -1.08. The Morgan fingerprint density at radius 2 is 1.75 bits per heavy atom. The maximum atomic E-state index is 13.3. The van der Waals surface area contributed by atoms with Crippen molar-refractivity contribution < 1.29 is 33.3 Å². The zero-order valence-corrected chi connectivity index (χ0v) is 14.8. The normalized spacial score (nSPS) is 20.2. The largest absolute Gasteiger partial charge is 0.479 e. The molecule has 7 nitrogen and oxygen atoms in total. The monoisotopic (exact) mass is 387 g/mol. The third kappa shape index (κ3) is 3.63. The third-order valence-corrected chi connectivity index (χ3v) is 4.75. The Labute approximate surface area is 160 Å². The summed E-state index contributed by atoms with van der Waals surface area (Å²) in [4.78, 5) is 25.7. The second-order valence-corrected chi connectivity index (χ2v) is 6.62. The van der Waals surface area contributed by atoms with Gasteiger partial charge in [-0.05, 0) is 54.8 Å². The number of rotatable bonds is 5. The number of halogens is 1. The summed E-state index contributed by atoms with van der Waals surface area (Å²) in [6, 6.07) is 10.9. The zero-order valence-electron chi connectivity index (χ0n) is 14.8. The molecule has 0 saturated carbocycles. The number of carbonyl (C=O) groups is 2. The molecule has 2 aliphatic rings. The molecule has 1 amide bonds. The molecule has 0 aromatic heterocycles. The standard InChI is InChI=1S/C20H18FNO6/c21-13-2-4-14(5-3-13)22(19(23)16-7-8-17(28-16)20(24)25)10-12-1-6-15-18(9-12)27-11-26-15/h1-6,9,16-17H,7-8,10-11H2,(H,24,25)/t16-,17+/m0/s1. The Morgan fingerprint density at radius 3 is 2.46 bits per heavy atom. The number of ether oxygens (including phenoxy) is 3. The zero-order chi connectivity index (χ0) is 19.7. The van der Waals surface area contributed by atoms with Gasteiger partial charge in [0.05, 0.1) is 6.54 Å². The van der Waals surface area contributed by atoms with E-state index in [4.69, 9.17) is 19.3 Å². The molecule has 146 valence electrons. The fraction of sp³-hybridized carbons (Fsp3) is 0.300. The Morgan fingerprint density at radius 1 is 1.04 bits per heavy atom. The molecule has 2 atom stereocenters. The molecule has 0 bridgehead atoms. The van der Waals surface area contributed by atoms with Crippen molar-refractivity contribution in [3.63, 3.8) is 0 Å². The molecule has 1 fully saturated rings. The summed E-state index contributed by atoms with van der Waals surface area (Å²) in [5.41, 5.74) is 1.28. The van der Waals surface area contributed by atoms with Crippen molar-refractivity contribution in [3.05, 3.63) is 53.8 Å². The van der Waals surface area contributed by atoms with Gasteiger partial charge in [0.1, 0.15) is 11.9 Å². The summed E-state index contributed by atoms with van der Waals surface area (Å²) >= 11 is 0. The van der Waals surface area contributed by atoms with Gasteiger partial charge in [0, 0.05) is 5.69 Å². The number of anilines is 1. The van der Waals surface area contributed by atoms with E-state index in [1.54, 1.807) is 12.1 Å². The van der Waals surface area contributed by atoms with E-state index in [2.05, 4.69) is 0 Å². The van der Waals surface area contributed by atoms with Crippen molar-refractivity contribution in [1.82, 2.24) is 0 Å². The average Bonchev–Trinajstić information content (AvgIpc) is 3.35. The molecule has 0 radical (unpaired) electrons. The first kappa shape index (κ1) is 18.2. The maximum Gasteiger partial charge on any atom is 0.332 e. The minimum Gasteiger partial charge on any atom is -0.479 e. The molecule has 2 aromatic carbocycles. The molecule has 4 rings (SSSR count). The molecule has 28 heavy (non-hydrogen) atoms. The van der Waals surface area contributed by atoms with Crippen LogP contribution in [0.4, 0.5) is 10.1 Å². The fourth-order valence-corrected chi connectivity index (χ4v) is 3.31. The number of carboxylic acid groups (broad SMARTS) is 1. The number of hydrogen-bond donors (Lipinski definition) is 1. The van der Waals surface area contributed by atoms with Gasteiger partial charge in [-0.25, -0.2) is 9.18 Å². The molecule has 8 heteroatoms. The highest BCUT2D eigenvalue weighted by Gasteiger charge is 2.37. The van der Waals surface area contributed by atoms with Crippen LogP contribution in [0.25, 0.3) is 0 Å². The van der Waals surface area contributed by atoms with Gasteiger partial charge in [0.15, 0.2) is 17.6 Å². The van der Waals surface area contributed by atoms with Crippen LogP contribution in [0.1, 0.15) is 18.4 Å². The Hall–Kier alpha value is -3.13. The topological polar surface area (TPSA) is 85.3 Å². The molecule has 1 N–H and O–H groups in total. The minimum absolute atomic E-state index is 0.145. The predicted molar refractivity (Wildman–Crippen MR) is 95.7 cm³/mol. The Kier molecular flexibility index (Phi) is 4.87. The number of carbonyl (C=O) groups excluding carboxylic acids is 1. The van der Waals surface area contributed by atoms with Crippen LogP contribution >= 0.6 is 0 Å². The van der Waals surface area contributed by atoms with E-state index in [9.17, 15) is 14.0 Å². The number of aliphatic carboxylic acids is 1. The van der Waals surface area contributed by atoms with Gasteiger partial charge >= 0.3 is 5.97 Å². The van der Waals surface area contributed by atoms with Crippen molar-refractivity contribution in [2.24, 2.45) is 0 Å². The number of hydrogen-bond acceptors (Lipinski definition) is 5. The molecule has 1 saturated heterocycles. The van der Waals surface area contributed by atoms with Crippen LogP contribution in [0.15, 0.2) is 42.5 Å². The van der Waals surface area contributed by atoms with E-state index >= 15 is 0 Å². The van der Waals surface area contributed by atoms with E-state index in [0.717, 1.165) is 5.56 Å². The van der Waals surface area contributed by atoms with E-state index in [1.165, 1.54) is 29.2 Å². The van der Waals surface area contributed by atoms with Gasteiger partial charge in [-0.15, -0.1) is 0 Å². The molecule has 2 aromatic rings. The van der Waals surface area contributed by atoms with Crippen molar-refractivity contribution in [3.8, 4) is 11.5 Å². The maximum absolute atomic E-state index is 13.3. The van der Waals surface area contributed by atoms with Gasteiger partial charge in [0.2, 0.25) is 6.79 Å². The first-order chi connectivity index (χ1) is 13.5. The quantitative estimate of drug-likeness (QED) is 0.849. The van der Waals surface area contributed by atoms with E-state index < -0.39 is 24.0 Å². The van der Waals surface area contributed by atoms with Gasteiger partial charge < -0.3 is 24.2 Å². The molecule has 0 spiro atoms. The average molecular weight is 387 g/mol. The molecule has 0 aliphatic carbocycles. The van der Waals surface area contributed by atoms with Crippen LogP contribution in [0.2, 0.25) is 0 Å². The van der Waals surface area contributed by atoms with Gasteiger partial charge in [-0.1, -0.05) is 6.07 Å². The van der Waals surface area contributed by atoms with Crippen molar-refractivity contribution in [1.29, 1.82) is 0 Å². The first-order valence-electron chi connectivity index (χ1n) is 8.85. The highest BCUT2D eigenvalue weighted by atomic mass is 19.1. The summed E-state index contributed by atoms with van der Waals surface area (Å²) in [7, 11) is 0. The summed E-state index contributed by atoms with van der Waals surface area (Å²) in [5.74, 6) is -0.645. The summed E-state index contributed by atoms with van der Waals surface area (Å²) in [6.07, 6.45) is -1.27. The van der Waals surface area contributed by atoms with Crippen LogP contribution < -0.4 is 14.4 Å². The van der Waals surface area contributed by atoms with E-state index in [1.807, 2.05) is 6.07 Å². The van der Waals surface area contributed by atoms with Crippen LogP contribution in [-0.4, -0.2) is 36.0 Å². The van der Waals surface area contributed by atoms with Gasteiger partial charge in [-0.2, -0.15) is 0 Å². The predicted octanol–water partition coefficient (Wildman–Crippen LogP) is 2.72. The van der Waals surface area contributed by atoms with E-state index in [-0.39, 0.29) is 25.7 Å². The van der Waals surface area contributed by atoms with Gasteiger partial charge in [-0.3, -0.25) is 4.79 Å². The molecular weight excluding hydrogens is 369 g/mol. The van der Waals surface area contributed by atoms with Crippen LogP contribution in [0, 0.1) is 5.82 Å². The lowest BCUT2D eigenvalue weighted by atomic mass is 10.1. The second kappa shape index (κ2) is 7.47. The summed E-state index contributed by atoms with van der Waals surface area (Å²) in [5, 5.41) is 9.11. The highest BCUT2D eigenvalue weighted by molar-refractivity contribution is 5.97. The lowest BCUT2D eigenvalue weighted by Gasteiger charge is -2.26. The lowest BCUT2D eigenvalue weighted by molar-refractivity contribution is -0.151. The second-order valence-electron chi connectivity index (χ2n) is 6.62. The first-order valence-corrected chi connectivity index (χ1v) is 8.85. The number of fused-ring (bicyclic) bond motifs is 1. The lowest BCUT2D eigenvalue weighted by Crippen LogP contribution is -2.39. The smallest absolute Gasteiger partial charge is 0.332 e. The van der Waals surface area contributed by atoms with Crippen LogP contribution in [0.5, 0.6) is 11.5 Å². The Bertz CT molecular complexity index is 900. The van der Waals surface area contributed by atoms with Crippen LogP contribution in [0.3, 0.4) is 0 Å². The summed E-state index contributed by atoms with van der Waals surface area (Å²) in [6.45, 7) is 0.338. The number of carboxylic acids is 1. The third-order valence-electron chi connectivity index (χ3n) is 4.75. The summed E-state index contributed by atoms with van der Waals surface area (Å²) < 4.78 is 29.4. The number of benzene rings is 2. The molecule has 2 aliphatic heterocycles. The number of amides is 1. The SMILES string of the molecule is O=C(O)[C@H]1CC[C@@H](C(=O)N(Cc2ccc3c(c2)OCO3)c2ccc(F)cc2)O1. The van der Waals surface area contributed by atoms with Gasteiger partial charge in [0.25, 0.3) is 5.91 Å². The van der Waals surface area contributed by atoms with Crippen molar-refractivity contribution in [2.45, 2.75) is 31.6 Å². The van der Waals surface area contributed by atoms with Crippen molar-refractivity contribution >= 4 is 17.6 Å². The molecule has 0 unspecified atom stereocenters. The molecule has 2 heterocycles. The van der Waals surface area contributed by atoms with Crippen LogP contribution in [-0.2, 0) is 20.9 Å². The number of nitrogens with zero attached hydrogens (tertiary/aromatic N) is 1. The Balaban J connectivity index is 1.59. The van der Waals surface area contributed by atoms with Crippen molar-refractivity contribution in [2.75, 3.05) is 11.7 Å². The highest BCUT2D eigenvalue weighted by Crippen LogP contribution is 2.34. The van der Waals surface area contributed by atoms with E-state index in [0.29, 0.717) is 23.6 Å². The molecular formula is C20H18FNO6.